The van der Waals surface area contributed by atoms with Crippen LogP contribution < -0.4 is 5.32 Å². The highest BCUT2D eigenvalue weighted by molar-refractivity contribution is 6.34. The van der Waals surface area contributed by atoms with Crippen LogP contribution in [0.15, 0.2) is 24.3 Å². The van der Waals surface area contributed by atoms with E-state index in [0.717, 1.165) is 0 Å². The molecule has 1 aromatic carbocycles. The van der Waals surface area contributed by atoms with Gasteiger partial charge in [0.2, 0.25) is 0 Å². The van der Waals surface area contributed by atoms with Gasteiger partial charge in [0.25, 0.3) is 5.91 Å². The number of halogens is 1. The Kier molecular flexibility index (Phi) is 4.28. The fourth-order valence-corrected chi connectivity index (χ4v) is 2.12. The lowest BCUT2D eigenvalue weighted by Gasteiger charge is -2.13. The average molecular weight is 309 g/mol. The standard InChI is InChI=1S/C14H13ClN2O4/c1-7(14(20)21-2)16-13(19)10-11(18)8-5-3-4-6-9(8)12(15)17-10/h3-7,18H,1-2H3,(H,16,19). The number of fused-ring (bicyclic) bond motifs is 1. The van der Waals surface area contributed by atoms with Gasteiger partial charge in [0.15, 0.2) is 11.4 Å². The number of amides is 1. The maximum atomic E-state index is 12.1. The Labute approximate surface area is 125 Å². The molecule has 0 spiro atoms. The summed E-state index contributed by atoms with van der Waals surface area (Å²) in [5.74, 6) is -1.60. The van der Waals surface area contributed by atoms with Crippen molar-refractivity contribution in [3.63, 3.8) is 0 Å². The number of benzene rings is 1. The van der Waals surface area contributed by atoms with Gasteiger partial charge in [-0.3, -0.25) is 4.79 Å². The molecule has 2 rings (SSSR count). The van der Waals surface area contributed by atoms with Crippen molar-refractivity contribution in [3.8, 4) is 5.75 Å². The molecular formula is C14H13ClN2O4. The van der Waals surface area contributed by atoms with E-state index in [1.54, 1.807) is 24.3 Å². The van der Waals surface area contributed by atoms with E-state index in [1.807, 2.05) is 0 Å². The van der Waals surface area contributed by atoms with Gasteiger partial charge >= 0.3 is 5.97 Å². The minimum atomic E-state index is -0.867. The molecule has 0 radical (unpaired) electrons. The van der Waals surface area contributed by atoms with Crippen LogP contribution in [0, 0.1) is 0 Å². The summed E-state index contributed by atoms with van der Waals surface area (Å²) in [4.78, 5) is 27.3. The lowest BCUT2D eigenvalue weighted by molar-refractivity contribution is -0.142. The third kappa shape index (κ3) is 2.90. The van der Waals surface area contributed by atoms with Gasteiger partial charge in [-0.25, -0.2) is 9.78 Å². The van der Waals surface area contributed by atoms with Gasteiger partial charge in [0.1, 0.15) is 11.2 Å². The van der Waals surface area contributed by atoms with Crippen molar-refractivity contribution in [2.75, 3.05) is 7.11 Å². The summed E-state index contributed by atoms with van der Waals surface area (Å²) in [7, 11) is 1.22. The number of rotatable bonds is 3. The quantitative estimate of drug-likeness (QED) is 0.667. The highest BCUT2D eigenvalue weighted by Gasteiger charge is 2.22. The molecule has 1 heterocycles. The molecule has 110 valence electrons. The lowest BCUT2D eigenvalue weighted by atomic mass is 10.1. The normalized spacial score (nSPS) is 12.0. The maximum Gasteiger partial charge on any atom is 0.328 e. The first kappa shape index (κ1) is 15.1. The van der Waals surface area contributed by atoms with Crippen molar-refractivity contribution in [1.29, 1.82) is 0 Å². The number of hydrogen-bond acceptors (Lipinski definition) is 5. The number of nitrogens with one attached hydrogen (secondary N) is 1. The largest absolute Gasteiger partial charge is 0.505 e. The summed E-state index contributed by atoms with van der Waals surface area (Å²) in [5.41, 5.74) is -0.241. The second kappa shape index (κ2) is 5.97. The predicted octanol–water partition coefficient (Wildman–Crippen LogP) is 1.89. The van der Waals surface area contributed by atoms with E-state index >= 15 is 0 Å². The summed E-state index contributed by atoms with van der Waals surface area (Å²) in [6.45, 7) is 1.46. The monoisotopic (exact) mass is 308 g/mol. The topological polar surface area (TPSA) is 88.5 Å². The molecule has 1 atom stereocenters. The third-order valence-corrected chi connectivity index (χ3v) is 3.24. The molecule has 6 nitrogen and oxygen atoms in total. The van der Waals surface area contributed by atoms with E-state index in [2.05, 4.69) is 15.0 Å². The number of carbonyl (C=O) groups is 2. The highest BCUT2D eigenvalue weighted by atomic mass is 35.5. The average Bonchev–Trinajstić information content (AvgIpc) is 2.49. The van der Waals surface area contributed by atoms with Gasteiger partial charge in [-0.15, -0.1) is 0 Å². The molecular weight excluding hydrogens is 296 g/mol. The molecule has 0 bridgehead atoms. The van der Waals surface area contributed by atoms with E-state index in [1.165, 1.54) is 14.0 Å². The molecule has 1 unspecified atom stereocenters. The molecule has 0 aliphatic carbocycles. The zero-order valence-electron chi connectivity index (χ0n) is 11.4. The Balaban J connectivity index is 2.40. The Hall–Kier alpha value is -2.34. The molecule has 21 heavy (non-hydrogen) atoms. The van der Waals surface area contributed by atoms with Crippen molar-refractivity contribution in [3.05, 3.63) is 35.1 Å². The van der Waals surface area contributed by atoms with Crippen LogP contribution in [0.25, 0.3) is 10.8 Å². The summed E-state index contributed by atoms with van der Waals surface area (Å²) in [6, 6.07) is 5.89. The van der Waals surface area contributed by atoms with Crippen LogP contribution in [0.4, 0.5) is 0 Å². The Bertz CT molecular complexity index is 717. The van der Waals surface area contributed by atoms with Crippen molar-refractivity contribution >= 4 is 34.2 Å². The number of pyridine rings is 1. The summed E-state index contributed by atoms with van der Waals surface area (Å²) >= 11 is 6.01. The van der Waals surface area contributed by atoms with Crippen LogP contribution in [0.2, 0.25) is 5.15 Å². The first-order valence-electron chi connectivity index (χ1n) is 6.11. The number of ether oxygens (including phenoxy) is 1. The zero-order valence-corrected chi connectivity index (χ0v) is 12.1. The zero-order chi connectivity index (χ0) is 15.6. The highest BCUT2D eigenvalue weighted by Crippen LogP contribution is 2.31. The summed E-state index contributed by atoms with van der Waals surface area (Å²) in [6.07, 6.45) is 0. The Morgan fingerprint density at radius 1 is 1.33 bits per heavy atom. The number of methoxy groups -OCH3 is 1. The van der Waals surface area contributed by atoms with Crippen LogP contribution in [-0.4, -0.2) is 35.1 Å². The van der Waals surface area contributed by atoms with Gasteiger partial charge in [-0.05, 0) is 6.92 Å². The van der Waals surface area contributed by atoms with Gasteiger partial charge < -0.3 is 15.2 Å². The first-order valence-corrected chi connectivity index (χ1v) is 6.49. The number of aromatic nitrogens is 1. The smallest absolute Gasteiger partial charge is 0.328 e. The molecule has 1 aromatic heterocycles. The fourth-order valence-electron chi connectivity index (χ4n) is 1.87. The van der Waals surface area contributed by atoms with Crippen LogP contribution in [0.1, 0.15) is 17.4 Å². The van der Waals surface area contributed by atoms with E-state index in [-0.39, 0.29) is 16.6 Å². The SMILES string of the molecule is COC(=O)C(C)NC(=O)c1nc(Cl)c2ccccc2c1O. The van der Waals surface area contributed by atoms with E-state index in [9.17, 15) is 14.7 Å². The molecule has 0 saturated carbocycles. The molecule has 1 amide bonds. The maximum absolute atomic E-state index is 12.1. The number of aromatic hydroxyl groups is 1. The van der Waals surface area contributed by atoms with Crippen molar-refractivity contribution in [1.82, 2.24) is 10.3 Å². The molecule has 0 saturated heterocycles. The molecule has 2 N–H and O–H groups in total. The van der Waals surface area contributed by atoms with Crippen molar-refractivity contribution < 1.29 is 19.4 Å². The minimum Gasteiger partial charge on any atom is -0.505 e. The third-order valence-electron chi connectivity index (χ3n) is 2.96. The Morgan fingerprint density at radius 3 is 2.57 bits per heavy atom. The van der Waals surface area contributed by atoms with Gasteiger partial charge in [0, 0.05) is 10.8 Å². The van der Waals surface area contributed by atoms with Crippen molar-refractivity contribution in [2.45, 2.75) is 13.0 Å². The second-order valence-corrected chi connectivity index (χ2v) is 4.72. The number of esters is 1. The van der Waals surface area contributed by atoms with Crippen LogP contribution in [0.5, 0.6) is 5.75 Å². The van der Waals surface area contributed by atoms with Crippen molar-refractivity contribution in [2.24, 2.45) is 0 Å². The molecule has 7 heteroatoms. The van der Waals surface area contributed by atoms with E-state index < -0.39 is 17.9 Å². The van der Waals surface area contributed by atoms with E-state index in [0.29, 0.717) is 10.8 Å². The van der Waals surface area contributed by atoms with Crippen LogP contribution >= 0.6 is 11.6 Å². The van der Waals surface area contributed by atoms with E-state index in [4.69, 9.17) is 11.6 Å². The summed E-state index contributed by atoms with van der Waals surface area (Å²) < 4.78 is 4.51. The van der Waals surface area contributed by atoms with Crippen LogP contribution in [-0.2, 0) is 9.53 Å². The fraction of sp³-hybridized carbons (Fsp3) is 0.214. The first-order chi connectivity index (χ1) is 9.95. The lowest BCUT2D eigenvalue weighted by Crippen LogP contribution is -2.39. The molecule has 2 aromatic rings. The predicted molar refractivity (Wildman–Crippen MR) is 77.4 cm³/mol. The van der Waals surface area contributed by atoms with Gasteiger partial charge in [0.05, 0.1) is 7.11 Å². The van der Waals surface area contributed by atoms with Gasteiger partial charge in [-0.2, -0.15) is 0 Å². The molecule has 0 aliphatic heterocycles. The summed E-state index contributed by atoms with van der Waals surface area (Å²) in [5, 5.41) is 13.6. The van der Waals surface area contributed by atoms with Gasteiger partial charge in [-0.1, -0.05) is 35.9 Å². The number of carbonyl (C=O) groups excluding carboxylic acids is 2. The molecule has 0 fully saturated rings. The molecule has 0 aliphatic rings. The van der Waals surface area contributed by atoms with Crippen LogP contribution in [0.3, 0.4) is 0 Å². The number of nitrogens with zero attached hydrogens (tertiary/aromatic N) is 1. The second-order valence-electron chi connectivity index (χ2n) is 4.36. The Morgan fingerprint density at radius 2 is 1.95 bits per heavy atom. The minimum absolute atomic E-state index is 0.0965. The number of hydrogen-bond donors (Lipinski definition) is 2.